The highest BCUT2D eigenvalue weighted by Gasteiger charge is 2.23. The van der Waals surface area contributed by atoms with E-state index >= 15 is 0 Å². The van der Waals surface area contributed by atoms with Crippen LogP contribution in [0.1, 0.15) is 18.1 Å². The summed E-state index contributed by atoms with van der Waals surface area (Å²) in [4.78, 5) is 0. The quantitative estimate of drug-likeness (QED) is 0.755. The predicted octanol–water partition coefficient (Wildman–Crippen LogP) is 0.821. The molecule has 2 atom stereocenters. The van der Waals surface area contributed by atoms with Gasteiger partial charge in [0.25, 0.3) is 0 Å². The molecule has 0 radical (unpaired) electrons. The van der Waals surface area contributed by atoms with Gasteiger partial charge in [-0.3, -0.25) is 0 Å². The van der Waals surface area contributed by atoms with Gasteiger partial charge < -0.3 is 26.0 Å². The van der Waals surface area contributed by atoms with Crippen LogP contribution in [-0.2, 0) is 0 Å². The minimum atomic E-state index is -0.864. The van der Waals surface area contributed by atoms with E-state index < -0.39 is 12.1 Å². The molecule has 100 valence electrons. The molecule has 5 N–H and O–H groups in total. The van der Waals surface area contributed by atoms with Crippen molar-refractivity contribution in [3.63, 3.8) is 0 Å². The molecule has 1 aliphatic heterocycles. The maximum atomic E-state index is 10.1. The highest BCUT2D eigenvalue weighted by Crippen LogP contribution is 2.38. The van der Waals surface area contributed by atoms with E-state index in [4.69, 9.17) is 32.5 Å². The van der Waals surface area contributed by atoms with Crippen LogP contribution in [0.5, 0.6) is 11.5 Å². The Labute approximate surface area is 111 Å². The molecule has 1 aliphatic rings. The summed E-state index contributed by atoms with van der Waals surface area (Å²) < 4.78 is 10.9. The number of nitrogens with two attached hydrogens (primary N) is 2. The van der Waals surface area contributed by atoms with E-state index in [2.05, 4.69) is 0 Å². The van der Waals surface area contributed by atoms with Crippen molar-refractivity contribution in [2.45, 2.75) is 18.6 Å². The number of halogens is 1. The highest BCUT2D eigenvalue weighted by molar-refractivity contribution is 6.31. The molecule has 2 rings (SSSR count). The Balaban J connectivity index is 2.27. The number of aliphatic hydroxyl groups excluding tert-OH is 1. The van der Waals surface area contributed by atoms with E-state index in [1.54, 1.807) is 12.1 Å². The topological polar surface area (TPSA) is 90.7 Å². The van der Waals surface area contributed by atoms with E-state index in [-0.39, 0.29) is 0 Å². The molecule has 0 saturated heterocycles. The molecule has 5 nitrogen and oxygen atoms in total. The van der Waals surface area contributed by atoms with Gasteiger partial charge in [-0.1, -0.05) is 11.6 Å². The second-order valence-electron chi connectivity index (χ2n) is 4.20. The normalized spacial score (nSPS) is 17.3. The number of rotatable bonds is 4. The molecule has 0 bridgehead atoms. The first kappa shape index (κ1) is 13.4. The van der Waals surface area contributed by atoms with Gasteiger partial charge in [0.1, 0.15) is 13.2 Å². The lowest BCUT2D eigenvalue weighted by molar-refractivity contribution is 0.140. The minimum absolute atomic E-state index is 0.416. The molecule has 1 aromatic rings. The van der Waals surface area contributed by atoms with E-state index in [9.17, 15) is 5.11 Å². The van der Waals surface area contributed by atoms with Crippen LogP contribution in [0.4, 0.5) is 0 Å². The number of ether oxygens (including phenoxy) is 2. The van der Waals surface area contributed by atoms with Crippen LogP contribution in [0.3, 0.4) is 0 Å². The van der Waals surface area contributed by atoms with E-state index in [1.807, 2.05) is 0 Å². The molecule has 0 aliphatic carbocycles. The van der Waals surface area contributed by atoms with Crippen LogP contribution in [0.25, 0.3) is 0 Å². The zero-order chi connectivity index (χ0) is 13.1. The van der Waals surface area contributed by atoms with Crippen LogP contribution < -0.4 is 20.9 Å². The first-order chi connectivity index (χ1) is 8.63. The number of hydrogen-bond acceptors (Lipinski definition) is 5. The Hall–Kier alpha value is -1.01. The summed E-state index contributed by atoms with van der Waals surface area (Å²) in [7, 11) is 0. The summed E-state index contributed by atoms with van der Waals surface area (Å²) in [6.07, 6.45) is -0.344. The molecule has 2 unspecified atom stereocenters. The van der Waals surface area contributed by atoms with Crippen molar-refractivity contribution in [1.29, 1.82) is 0 Å². The van der Waals surface area contributed by atoms with Gasteiger partial charge in [0.05, 0.1) is 11.1 Å². The standard InChI is InChI=1S/C12H17ClN2O3/c13-8-6-11-10(17-3-4-18-11)5-7(8)12(16)9(15)1-2-14/h5-6,9,12,16H,1-4,14-15H2. The number of hydrogen-bond donors (Lipinski definition) is 3. The number of fused-ring (bicyclic) bond motifs is 1. The lowest BCUT2D eigenvalue weighted by Crippen LogP contribution is -2.31. The van der Waals surface area contributed by atoms with Crippen molar-refractivity contribution in [2.24, 2.45) is 11.5 Å². The highest BCUT2D eigenvalue weighted by atomic mass is 35.5. The summed E-state index contributed by atoms with van der Waals surface area (Å²) in [6.45, 7) is 1.40. The van der Waals surface area contributed by atoms with Crippen molar-refractivity contribution < 1.29 is 14.6 Å². The van der Waals surface area contributed by atoms with Crippen molar-refractivity contribution in [3.8, 4) is 11.5 Å². The zero-order valence-corrected chi connectivity index (χ0v) is 10.7. The fourth-order valence-corrected chi connectivity index (χ4v) is 2.15. The second kappa shape index (κ2) is 5.75. The molecule has 6 heteroatoms. The van der Waals surface area contributed by atoms with Crippen LogP contribution in [0.15, 0.2) is 12.1 Å². The van der Waals surface area contributed by atoms with Gasteiger partial charge in [0, 0.05) is 17.7 Å². The zero-order valence-electron chi connectivity index (χ0n) is 9.93. The lowest BCUT2D eigenvalue weighted by atomic mass is 10.00. The molecule has 18 heavy (non-hydrogen) atoms. The Morgan fingerprint density at radius 1 is 1.28 bits per heavy atom. The molecule has 0 saturated carbocycles. The molecule has 0 fully saturated rings. The average Bonchev–Trinajstić information content (AvgIpc) is 2.37. The Bertz CT molecular complexity index is 428. The molecular formula is C12H17ClN2O3. The summed E-state index contributed by atoms with van der Waals surface area (Å²) in [5.74, 6) is 1.18. The lowest BCUT2D eigenvalue weighted by Gasteiger charge is -2.23. The maximum absolute atomic E-state index is 10.1. The van der Waals surface area contributed by atoms with Crippen molar-refractivity contribution in [3.05, 3.63) is 22.7 Å². The van der Waals surface area contributed by atoms with Crippen LogP contribution in [0.2, 0.25) is 5.02 Å². The minimum Gasteiger partial charge on any atom is -0.486 e. The number of aliphatic hydroxyl groups is 1. The van der Waals surface area contributed by atoms with Gasteiger partial charge in [-0.2, -0.15) is 0 Å². The molecule has 1 heterocycles. The summed E-state index contributed by atoms with van der Waals surface area (Å²) >= 11 is 6.12. The Morgan fingerprint density at radius 2 is 1.89 bits per heavy atom. The van der Waals surface area contributed by atoms with Gasteiger partial charge in [0.2, 0.25) is 0 Å². The molecular weight excluding hydrogens is 256 g/mol. The van der Waals surface area contributed by atoms with Gasteiger partial charge in [-0.05, 0) is 19.0 Å². The number of benzene rings is 1. The molecule has 0 aromatic heterocycles. The van der Waals surface area contributed by atoms with Gasteiger partial charge >= 0.3 is 0 Å². The Morgan fingerprint density at radius 3 is 2.50 bits per heavy atom. The smallest absolute Gasteiger partial charge is 0.162 e. The molecule has 1 aromatic carbocycles. The van der Waals surface area contributed by atoms with Crippen LogP contribution >= 0.6 is 11.6 Å². The largest absolute Gasteiger partial charge is 0.486 e. The third kappa shape index (κ3) is 2.70. The second-order valence-corrected chi connectivity index (χ2v) is 4.61. The average molecular weight is 273 g/mol. The van der Waals surface area contributed by atoms with Crippen molar-refractivity contribution in [2.75, 3.05) is 19.8 Å². The predicted molar refractivity (Wildman–Crippen MR) is 69.0 cm³/mol. The van der Waals surface area contributed by atoms with Crippen molar-refractivity contribution in [1.82, 2.24) is 0 Å². The van der Waals surface area contributed by atoms with Gasteiger partial charge in [-0.25, -0.2) is 0 Å². The fraction of sp³-hybridized carbons (Fsp3) is 0.500. The van der Waals surface area contributed by atoms with E-state index in [0.29, 0.717) is 48.3 Å². The third-order valence-electron chi connectivity index (χ3n) is 2.89. The van der Waals surface area contributed by atoms with Crippen molar-refractivity contribution >= 4 is 11.6 Å². The first-order valence-electron chi connectivity index (χ1n) is 5.86. The first-order valence-corrected chi connectivity index (χ1v) is 6.24. The van der Waals surface area contributed by atoms with E-state index in [0.717, 1.165) is 0 Å². The molecule has 0 amide bonds. The monoisotopic (exact) mass is 272 g/mol. The maximum Gasteiger partial charge on any atom is 0.162 e. The fourth-order valence-electron chi connectivity index (χ4n) is 1.89. The molecule has 0 spiro atoms. The van der Waals surface area contributed by atoms with E-state index in [1.165, 1.54) is 0 Å². The van der Waals surface area contributed by atoms with Crippen LogP contribution in [0, 0.1) is 0 Å². The van der Waals surface area contributed by atoms with Crippen LogP contribution in [-0.4, -0.2) is 30.9 Å². The summed E-state index contributed by atoms with van der Waals surface area (Å²) in [5.41, 5.74) is 11.8. The van der Waals surface area contributed by atoms with Gasteiger partial charge in [0.15, 0.2) is 11.5 Å². The summed E-state index contributed by atoms with van der Waals surface area (Å²) in [5, 5.41) is 10.6. The summed E-state index contributed by atoms with van der Waals surface area (Å²) in [6, 6.07) is 2.87. The SMILES string of the molecule is NCCC(N)C(O)c1cc2c(cc1Cl)OCCO2. The third-order valence-corrected chi connectivity index (χ3v) is 3.21. The Kier molecular flexibility index (Phi) is 4.29. The van der Waals surface area contributed by atoms with Gasteiger partial charge in [-0.15, -0.1) is 0 Å².